The summed E-state index contributed by atoms with van der Waals surface area (Å²) in [6, 6.07) is 0. The zero-order valence-electron chi connectivity index (χ0n) is 9.32. The van der Waals surface area contributed by atoms with Crippen LogP contribution in [-0.2, 0) is 23.9 Å². The monoisotopic (exact) mass is 226 g/mol. The van der Waals surface area contributed by atoms with Gasteiger partial charge in [0.05, 0.1) is 14.2 Å². The van der Waals surface area contributed by atoms with E-state index in [4.69, 9.17) is 0 Å². The highest BCUT2D eigenvalue weighted by Gasteiger charge is 2.78. The molecule has 2 saturated carbocycles. The van der Waals surface area contributed by atoms with Crippen LogP contribution in [0.4, 0.5) is 0 Å². The van der Waals surface area contributed by atoms with E-state index in [2.05, 4.69) is 9.47 Å². The number of rotatable bonds is 2. The molecule has 0 saturated heterocycles. The second-order valence-electron chi connectivity index (χ2n) is 4.29. The molecular formula is C11H14O5. The SMILES string of the molecule is COC(=O)C1(C(=O)OC)C2CCCC(=O)C21. The second-order valence-corrected chi connectivity index (χ2v) is 4.29. The first-order valence-electron chi connectivity index (χ1n) is 5.30. The molecule has 2 atom stereocenters. The molecule has 0 spiro atoms. The van der Waals surface area contributed by atoms with Crippen LogP contribution in [-0.4, -0.2) is 31.9 Å². The van der Waals surface area contributed by atoms with E-state index in [1.54, 1.807) is 0 Å². The predicted octanol–water partition coefficient (Wildman–Crippen LogP) is 0.318. The Labute approximate surface area is 93.1 Å². The Balaban J connectivity index is 2.35. The van der Waals surface area contributed by atoms with Crippen molar-refractivity contribution < 1.29 is 23.9 Å². The quantitative estimate of drug-likeness (QED) is 0.501. The summed E-state index contributed by atoms with van der Waals surface area (Å²) in [5, 5.41) is 0. The average molecular weight is 226 g/mol. The highest BCUT2D eigenvalue weighted by Crippen LogP contribution is 2.65. The van der Waals surface area contributed by atoms with Gasteiger partial charge in [0.25, 0.3) is 0 Å². The number of Topliss-reactive ketones (excluding diaryl/α,β-unsaturated/α-hetero) is 1. The minimum Gasteiger partial charge on any atom is -0.468 e. The Morgan fingerprint density at radius 3 is 2.25 bits per heavy atom. The van der Waals surface area contributed by atoms with E-state index in [0.29, 0.717) is 12.8 Å². The van der Waals surface area contributed by atoms with Crippen molar-refractivity contribution in [2.45, 2.75) is 19.3 Å². The number of ether oxygens (including phenoxy) is 2. The molecule has 0 radical (unpaired) electrons. The lowest BCUT2D eigenvalue weighted by Crippen LogP contribution is -2.32. The summed E-state index contributed by atoms with van der Waals surface area (Å²) in [6.45, 7) is 0. The summed E-state index contributed by atoms with van der Waals surface area (Å²) >= 11 is 0. The molecule has 0 heterocycles. The van der Waals surface area contributed by atoms with E-state index in [-0.39, 0.29) is 11.7 Å². The lowest BCUT2D eigenvalue weighted by Gasteiger charge is -2.11. The van der Waals surface area contributed by atoms with E-state index in [9.17, 15) is 14.4 Å². The van der Waals surface area contributed by atoms with Crippen LogP contribution in [0.3, 0.4) is 0 Å². The Morgan fingerprint density at radius 1 is 1.25 bits per heavy atom. The molecule has 5 heteroatoms. The number of fused-ring (bicyclic) bond motifs is 1. The van der Waals surface area contributed by atoms with Crippen LogP contribution in [0.5, 0.6) is 0 Å². The van der Waals surface area contributed by atoms with Gasteiger partial charge in [-0.05, 0) is 18.8 Å². The molecule has 2 unspecified atom stereocenters. The van der Waals surface area contributed by atoms with E-state index >= 15 is 0 Å². The van der Waals surface area contributed by atoms with Gasteiger partial charge in [0.15, 0.2) is 5.41 Å². The molecular weight excluding hydrogens is 212 g/mol. The van der Waals surface area contributed by atoms with E-state index in [1.807, 2.05) is 0 Å². The molecule has 16 heavy (non-hydrogen) atoms. The molecule has 0 N–H and O–H groups in total. The number of esters is 2. The third kappa shape index (κ3) is 1.14. The van der Waals surface area contributed by atoms with E-state index < -0.39 is 23.3 Å². The number of methoxy groups -OCH3 is 2. The summed E-state index contributed by atoms with van der Waals surface area (Å²) in [7, 11) is 2.45. The molecule has 2 fully saturated rings. The molecule has 5 nitrogen and oxygen atoms in total. The largest absolute Gasteiger partial charge is 0.468 e. The molecule has 2 aliphatic rings. The number of carbonyl (C=O) groups is 3. The van der Waals surface area contributed by atoms with Crippen molar-refractivity contribution in [3.05, 3.63) is 0 Å². The van der Waals surface area contributed by atoms with Crippen molar-refractivity contribution in [2.24, 2.45) is 17.3 Å². The maximum absolute atomic E-state index is 11.7. The third-order valence-electron chi connectivity index (χ3n) is 3.70. The summed E-state index contributed by atoms with van der Waals surface area (Å²) in [4.78, 5) is 35.1. The number of hydrogen-bond donors (Lipinski definition) is 0. The first kappa shape index (κ1) is 11.1. The highest BCUT2D eigenvalue weighted by atomic mass is 16.5. The van der Waals surface area contributed by atoms with Gasteiger partial charge >= 0.3 is 11.9 Å². The zero-order valence-corrected chi connectivity index (χ0v) is 9.32. The zero-order chi connectivity index (χ0) is 11.9. The van der Waals surface area contributed by atoms with Crippen molar-refractivity contribution >= 4 is 17.7 Å². The maximum Gasteiger partial charge on any atom is 0.324 e. The predicted molar refractivity (Wildman–Crippen MR) is 52.3 cm³/mol. The molecule has 0 aromatic carbocycles. The first-order chi connectivity index (χ1) is 7.60. The summed E-state index contributed by atoms with van der Waals surface area (Å²) in [6.07, 6.45) is 1.88. The van der Waals surface area contributed by atoms with Crippen molar-refractivity contribution in [1.29, 1.82) is 0 Å². The lowest BCUT2D eigenvalue weighted by atomic mass is 10.00. The fourth-order valence-electron chi connectivity index (χ4n) is 2.96. The average Bonchev–Trinajstić information content (AvgIpc) is 2.99. The van der Waals surface area contributed by atoms with E-state index in [0.717, 1.165) is 6.42 Å². The Bertz CT molecular complexity index is 343. The Morgan fingerprint density at radius 2 is 1.81 bits per heavy atom. The molecule has 2 aliphatic carbocycles. The fraction of sp³-hybridized carbons (Fsp3) is 0.727. The van der Waals surface area contributed by atoms with Crippen LogP contribution >= 0.6 is 0 Å². The normalized spacial score (nSPS) is 30.2. The van der Waals surface area contributed by atoms with Crippen LogP contribution in [0.1, 0.15) is 19.3 Å². The Hall–Kier alpha value is -1.39. The Kier molecular flexibility index (Phi) is 2.48. The summed E-state index contributed by atoms with van der Waals surface area (Å²) in [5.41, 5.74) is -1.34. The molecule has 2 rings (SSSR count). The van der Waals surface area contributed by atoms with Crippen LogP contribution in [0.15, 0.2) is 0 Å². The van der Waals surface area contributed by atoms with Gasteiger partial charge in [-0.2, -0.15) is 0 Å². The standard InChI is InChI=1S/C11H14O5/c1-15-9(13)11(10(14)16-2)6-4-3-5-7(12)8(6)11/h6,8H,3-5H2,1-2H3. The minimum atomic E-state index is -1.34. The lowest BCUT2D eigenvalue weighted by molar-refractivity contribution is -0.163. The number of carbonyl (C=O) groups excluding carboxylic acids is 3. The van der Waals surface area contributed by atoms with Crippen molar-refractivity contribution in [2.75, 3.05) is 14.2 Å². The van der Waals surface area contributed by atoms with Gasteiger partial charge < -0.3 is 9.47 Å². The van der Waals surface area contributed by atoms with Crippen LogP contribution in [0, 0.1) is 17.3 Å². The summed E-state index contributed by atoms with van der Waals surface area (Å²) in [5.74, 6) is -2.02. The van der Waals surface area contributed by atoms with Gasteiger partial charge in [-0.15, -0.1) is 0 Å². The van der Waals surface area contributed by atoms with Gasteiger partial charge in [0.1, 0.15) is 5.78 Å². The van der Waals surface area contributed by atoms with Gasteiger partial charge in [-0.1, -0.05) is 0 Å². The summed E-state index contributed by atoms with van der Waals surface area (Å²) < 4.78 is 9.30. The van der Waals surface area contributed by atoms with Crippen molar-refractivity contribution in [3.63, 3.8) is 0 Å². The van der Waals surface area contributed by atoms with Crippen LogP contribution < -0.4 is 0 Å². The van der Waals surface area contributed by atoms with Crippen LogP contribution in [0.25, 0.3) is 0 Å². The van der Waals surface area contributed by atoms with Gasteiger partial charge in [0, 0.05) is 12.3 Å². The van der Waals surface area contributed by atoms with Gasteiger partial charge in [0.2, 0.25) is 0 Å². The maximum atomic E-state index is 11.7. The van der Waals surface area contributed by atoms with Crippen molar-refractivity contribution in [3.8, 4) is 0 Å². The molecule has 88 valence electrons. The topological polar surface area (TPSA) is 69.7 Å². The molecule has 0 aliphatic heterocycles. The molecule has 0 amide bonds. The minimum absolute atomic E-state index is 0.0212. The molecule has 0 aromatic rings. The van der Waals surface area contributed by atoms with Gasteiger partial charge in [-0.25, -0.2) is 0 Å². The first-order valence-corrected chi connectivity index (χ1v) is 5.30. The third-order valence-corrected chi connectivity index (χ3v) is 3.70. The fourth-order valence-corrected chi connectivity index (χ4v) is 2.96. The van der Waals surface area contributed by atoms with E-state index in [1.165, 1.54) is 14.2 Å². The molecule has 0 aromatic heterocycles. The number of hydrogen-bond acceptors (Lipinski definition) is 5. The van der Waals surface area contributed by atoms with Crippen LogP contribution in [0.2, 0.25) is 0 Å². The number of ketones is 1. The second kappa shape index (κ2) is 3.57. The van der Waals surface area contributed by atoms with Gasteiger partial charge in [-0.3, -0.25) is 14.4 Å². The molecule has 0 bridgehead atoms. The highest BCUT2D eigenvalue weighted by molar-refractivity contribution is 6.11. The van der Waals surface area contributed by atoms with Crippen molar-refractivity contribution in [1.82, 2.24) is 0 Å². The smallest absolute Gasteiger partial charge is 0.324 e.